The molecular weight excluding hydrogens is 266 g/mol. The first kappa shape index (κ1) is 14.3. The Hall–Kier alpha value is -1.69. The normalized spacial score (nSPS) is 27.4. The van der Waals surface area contributed by atoms with Gasteiger partial charge in [0, 0.05) is 19.1 Å². The number of piperidine rings is 3. The van der Waals surface area contributed by atoms with E-state index in [4.69, 9.17) is 0 Å². The molecule has 0 aromatic carbocycles. The first-order valence-electron chi connectivity index (χ1n) is 7.85. The molecule has 3 fully saturated rings. The Morgan fingerprint density at radius 1 is 1.33 bits per heavy atom. The molecule has 4 rings (SSSR count). The molecule has 21 heavy (non-hydrogen) atoms. The first-order chi connectivity index (χ1) is 10.3. The number of hydrogen-bond acceptors (Lipinski definition) is 5. The van der Waals surface area contributed by atoms with Gasteiger partial charge in [-0.3, -0.25) is 4.79 Å². The van der Waals surface area contributed by atoms with Crippen molar-refractivity contribution in [2.75, 3.05) is 31.5 Å². The van der Waals surface area contributed by atoms with Gasteiger partial charge in [-0.1, -0.05) is 6.92 Å². The van der Waals surface area contributed by atoms with Crippen LogP contribution in [0.5, 0.6) is 0 Å². The Bertz CT molecular complexity index is 481. The quantitative estimate of drug-likeness (QED) is 0.850. The number of aromatic nitrogens is 2. The van der Waals surface area contributed by atoms with Crippen LogP contribution in [0, 0.1) is 5.92 Å². The topological polar surface area (TPSA) is 70.2 Å². The van der Waals surface area contributed by atoms with Crippen LogP contribution in [-0.4, -0.2) is 53.0 Å². The first-order valence-corrected chi connectivity index (χ1v) is 7.85. The van der Waals surface area contributed by atoms with Gasteiger partial charge in [-0.25, -0.2) is 9.97 Å². The van der Waals surface area contributed by atoms with E-state index in [1.54, 1.807) is 12.4 Å². The van der Waals surface area contributed by atoms with Gasteiger partial charge >= 0.3 is 0 Å². The van der Waals surface area contributed by atoms with Crippen molar-refractivity contribution >= 4 is 11.7 Å². The predicted octanol–water partition coefficient (Wildman–Crippen LogP) is 1.12. The zero-order valence-electron chi connectivity index (χ0n) is 12.5. The number of fused-ring (bicyclic) bond motifs is 3. The number of nitrogens with one attached hydrogen (secondary N) is 2. The molecule has 6 nitrogen and oxygen atoms in total. The van der Waals surface area contributed by atoms with Crippen molar-refractivity contribution in [1.29, 1.82) is 0 Å². The Morgan fingerprint density at radius 3 is 2.71 bits per heavy atom. The lowest BCUT2D eigenvalue weighted by molar-refractivity contribution is 0.0617. The highest BCUT2D eigenvalue weighted by Gasteiger charge is 2.35. The summed E-state index contributed by atoms with van der Waals surface area (Å²) in [6.07, 6.45) is 6.59. The number of nitrogens with zero attached hydrogens (tertiary/aromatic N) is 3. The van der Waals surface area contributed by atoms with E-state index in [1.807, 2.05) is 0 Å². The van der Waals surface area contributed by atoms with Crippen LogP contribution in [0.15, 0.2) is 12.4 Å². The van der Waals surface area contributed by atoms with Gasteiger partial charge < -0.3 is 15.5 Å². The van der Waals surface area contributed by atoms with E-state index in [1.165, 1.54) is 25.9 Å². The van der Waals surface area contributed by atoms with Crippen LogP contribution in [0.3, 0.4) is 0 Å². The molecule has 0 aliphatic carbocycles. The Morgan fingerprint density at radius 2 is 2.14 bits per heavy atom. The number of rotatable bonds is 5. The lowest BCUT2D eigenvalue weighted by Gasteiger charge is -2.44. The third-order valence-corrected chi connectivity index (χ3v) is 4.41. The smallest absolute Gasteiger partial charge is 0.271 e. The van der Waals surface area contributed by atoms with E-state index < -0.39 is 0 Å². The van der Waals surface area contributed by atoms with Crippen LogP contribution in [0.2, 0.25) is 0 Å². The van der Waals surface area contributed by atoms with Crippen LogP contribution in [-0.2, 0) is 0 Å². The van der Waals surface area contributed by atoms with Gasteiger partial charge in [-0.15, -0.1) is 0 Å². The van der Waals surface area contributed by atoms with E-state index in [-0.39, 0.29) is 11.9 Å². The summed E-state index contributed by atoms with van der Waals surface area (Å²) in [5.74, 6) is 1.23. The molecule has 0 spiro atoms. The fourth-order valence-electron chi connectivity index (χ4n) is 3.16. The minimum Gasteiger partial charge on any atom is -0.369 e. The van der Waals surface area contributed by atoms with E-state index >= 15 is 0 Å². The third kappa shape index (κ3) is 3.32. The maximum atomic E-state index is 12.3. The zero-order chi connectivity index (χ0) is 14.7. The van der Waals surface area contributed by atoms with Crippen LogP contribution in [0.25, 0.3) is 0 Å². The second-order valence-electron chi connectivity index (χ2n) is 5.93. The minimum absolute atomic E-state index is 0.108. The SMILES string of the molecule is CCCNc1cnc(C(=O)NC2CN3CCC2CC3)cn1. The molecule has 0 saturated carbocycles. The van der Waals surface area contributed by atoms with Crippen LogP contribution in [0.1, 0.15) is 36.7 Å². The molecule has 4 heterocycles. The van der Waals surface area contributed by atoms with Crippen LogP contribution < -0.4 is 10.6 Å². The average Bonchev–Trinajstić information content (AvgIpc) is 2.54. The van der Waals surface area contributed by atoms with Crippen molar-refractivity contribution in [3.8, 4) is 0 Å². The molecule has 2 N–H and O–H groups in total. The molecule has 3 aliphatic rings. The van der Waals surface area contributed by atoms with Crippen molar-refractivity contribution in [3.63, 3.8) is 0 Å². The largest absolute Gasteiger partial charge is 0.369 e. The monoisotopic (exact) mass is 289 g/mol. The summed E-state index contributed by atoms with van der Waals surface area (Å²) >= 11 is 0. The molecule has 3 aliphatic heterocycles. The highest BCUT2D eigenvalue weighted by atomic mass is 16.2. The summed E-state index contributed by atoms with van der Waals surface area (Å²) in [4.78, 5) is 23.1. The van der Waals surface area contributed by atoms with Crippen LogP contribution >= 0.6 is 0 Å². The molecule has 1 atom stereocenters. The second-order valence-corrected chi connectivity index (χ2v) is 5.93. The molecule has 0 radical (unpaired) electrons. The number of hydrogen-bond donors (Lipinski definition) is 2. The predicted molar refractivity (Wildman–Crippen MR) is 81.2 cm³/mol. The summed E-state index contributed by atoms with van der Waals surface area (Å²) in [5, 5.41) is 6.28. The van der Waals surface area contributed by atoms with E-state index in [9.17, 15) is 4.79 Å². The number of carbonyl (C=O) groups is 1. The Labute approximate surface area is 125 Å². The molecule has 1 unspecified atom stereocenters. The minimum atomic E-state index is -0.108. The lowest BCUT2D eigenvalue weighted by Crippen LogP contribution is -2.57. The molecule has 6 heteroatoms. The van der Waals surface area contributed by atoms with Crippen LogP contribution in [0.4, 0.5) is 5.82 Å². The van der Waals surface area contributed by atoms with Crippen molar-refractivity contribution in [2.24, 2.45) is 5.92 Å². The fraction of sp³-hybridized carbons (Fsp3) is 0.667. The molecule has 1 aromatic heterocycles. The van der Waals surface area contributed by atoms with Gasteiger partial charge in [0.2, 0.25) is 0 Å². The van der Waals surface area contributed by atoms with E-state index in [2.05, 4.69) is 32.4 Å². The number of anilines is 1. The molecular formula is C15H23N5O. The lowest BCUT2D eigenvalue weighted by atomic mass is 9.84. The zero-order valence-corrected chi connectivity index (χ0v) is 12.5. The molecule has 3 saturated heterocycles. The van der Waals surface area contributed by atoms with Gasteiger partial charge in [0.1, 0.15) is 11.5 Å². The standard InChI is InChI=1S/C15H23N5O/c1-2-5-16-14-9-17-12(8-18-14)15(21)19-13-10-20-6-3-11(13)4-7-20/h8-9,11,13H,2-7,10H2,1H3,(H,16,18)(H,19,21). The molecule has 2 bridgehead atoms. The van der Waals surface area contributed by atoms with Gasteiger partial charge in [0.15, 0.2) is 0 Å². The van der Waals surface area contributed by atoms with Gasteiger partial charge in [-0.2, -0.15) is 0 Å². The van der Waals surface area contributed by atoms with Crippen molar-refractivity contribution in [2.45, 2.75) is 32.2 Å². The summed E-state index contributed by atoms with van der Waals surface area (Å²) < 4.78 is 0. The Kier molecular flexibility index (Phi) is 4.34. The van der Waals surface area contributed by atoms with Gasteiger partial charge in [0.25, 0.3) is 5.91 Å². The average molecular weight is 289 g/mol. The highest BCUT2D eigenvalue weighted by Crippen LogP contribution is 2.27. The summed E-state index contributed by atoms with van der Waals surface area (Å²) in [7, 11) is 0. The van der Waals surface area contributed by atoms with Crippen molar-refractivity contribution < 1.29 is 4.79 Å². The van der Waals surface area contributed by atoms with E-state index in [0.717, 1.165) is 25.3 Å². The third-order valence-electron chi connectivity index (χ3n) is 4.41. The van der Waals surface area contributed by atoms with Crippen molar-refractivity contribution in [3.05, 3.63) is 18.1 Å². The molecule has 1 amide bonds. The fourth-order valence-corrected chi connectivity index (χ4v) is 3.16. The highest BCUT2D eigenvalue weighted by molar-refractivity contribution is 5.92. The number of carbonyl (C=O) groups excluding carboxylic acids is 1. The molecule has 114 valence electrons. The summed E-state index contributed by atoms with van der Waals surface area (Å²) in [5.41, 5.74) is 0.397. The maximum Gasteiger partial charge on any atom is 0.271 e. The van der Waals surface area contributed by atoms with Gasteiger partial charge in [0.05, 0.1) is 12.4 Å². The Balaban J connectivity index is 1.57. The summed E-state index contributed by atoms with van der Waals surface area (Å²) in [6.45, 7) is 6.28. The molecule has 1 aromatic rings. The van der Waals surface area contributed by atoms with E-state index in [0.29, 0.717) is 11.6 Å². The number of amides is 1. The van der Waals surface area contributed by atoms with Gasteiger partial charge in [-0.05, 0) is 38.3 Å². The second kappa shape index (κ2) is 6.39. The summed E-state index contributed by atoms with van der Waals surface area (Å²) in [6, 6.07) is 0.264. The maximum absolute atomic E-state index is 12.3. The van der Waals surface area contributed by atoms with Crippen molar-refractivity contribution in [1.82, 2.24) is 20.2 Å².